The number of benzene rings is 1. The Balaban J connectivity index is 1.17. The van der Waals surface area contributed by atoms with Crippen molar-refractivity contribution < 1.29 is 9.53 Å². The predicted molar refractivity (Wildman–Crippen MR) is 98.9 cm³/mol. The number of fused-ring (bicyclic) bond motifs is 3. The minimum Gasteiger partial charge on any atom is -0.463 e. The Morgan fingerprint density at radius 1 is 1.31 bits per heavy atom. The first kappa shape index (κ1) is 16.1. The zero-order valence-electron chi connectivity index (χ0n) is 15.7. The third-order valence-electron chi connectivity index (χ3n) is 6.93. The highest BCUT2D eigenvalue weighted by molar-refractivity contribution is 5.77. The second-order valence-corrected chi connectivity index (χ2v) is 8.81. The fourth-order valence-electron chi connectivity index (χ4n) is 5.22. The number of aryl methyl sites for hydroxylation is 1. The van der Waals surface area contributed by atoms with Crippen LogP contribution in [-0.4, -0.2) is 22.4 Å². The highest BCUT2D eigenvalue weighted by Gasteiger charge is 2.63. The van der Waals surface area contributed by atoms with Gasteiger partial charge >= 0.3 is 5.97 Å². The first-order valence-corrected chi connectivity index (χ1v) is 9.76. The summed E-state index contributed by atoms with van der Waals surface area (Å²) in [5, 5.41) is 4.72. The minimum absolute atomic E-state index is 0.0379. The smallest absolute Gasteiger partial charge is 0.309 e. The number of aromatic nitrogens is 2. The van der Waals surface area contributed by atoms with Crippen LogP contribution in [0.3, 0.4) is 0 Å². The number of hydrogen-bond acceptors (Lipinski definition) is 3. The normalized spacial score (nSPS) is 29.8. The summed E-state index contributed by atoms with van der Waals surface area (Å²) in [7, 11) is 0. The third kappa shape index (κ3) is 2.34. The Labute approximate surface area is 154 Å². The molecule has 1 aromatic heterocycles. The first-order valence-electron chi connectivity index (χ1n) is 9.76. The van der Waals surface area contributed by atoms with E-state index in [1.165, 1.54) is 16.8 Å². The maximum absolute atomic E-state index is 12.3. The van der Waals surface area contributed by atoms with Crippen molar-refractivity contribution in [1.29, 1.82) is 0 Å². The Bertz CT molecular complexity index is 868. The van der Waals surface area contributed by atoms with Crippen molar-refractivity contribution in [2.45, 2.75) is 52.0 Å². The average Bonchev–Trinajstić information content (AvgIpc) is 3.41. The zero-order valence-corrected chi connectivity index (χ0v) is 15.7. The van der Waals surface area contributed by atoms with Crippen molar-refractivity contribution >= 4 is 5.97 Å². The average molecular weight is 350 g/mol. The largest absolute Gasteiger partial charge is 0.463 e. The molecule has 4 heteroatoms. The molecule has 2 fully saturated rings. The number of carbonyl (C=O) groups excluding carboxylic acids is 1. The zero-order chi connectivity index (χ0) is 18.1. The molecule has 136 valence electrons. The van der Waals surface area contributed by atoms with E-state index in [0.29, 0.717) is 30.4 Å². The van der Waals surface area contributed by atoms with Gasteiger partial charge in [-0.15, -0.1) is 0 Å². The van der Waals surface area contributed by atoms with Gasteiger partial charge in [0.2, 0.25) is 0 Å². The summed E-state index contributed by atoms with van der Waals surface area (Å²) < 4.78 is 7.65. The molecule has 3 aliphatic carbocycles. The van der Waals surface area contributed by atoms with Crippen LogP contribution in [-0.2, 0) is 22.5 Å². The van der Waals surface area contributed by atoms with Crippen LogP contribution in [0.1, 0.15) is 54.6 Å². The lowest BCUT2D eigenvalue weighted by atomic mass is 9.98. The van der Waals surface area contributed by atoms with Gasteiger partial charge < -0.3 is 4.74 Å². The van der Waals surface area contributed by atoms with Crippen LogP contribution < -0.4 is 0 Å². The van der Waals surface area contributed by atoms with Gasteiger partial charge in [-0.25, -0.2) is 0 Å². The summed E-state index contributed by atoms with van der Waals surface area (Å²) in [6.45, 7) is 7.94. The number of carbonyl (C=O) groups is 1. The van der Waals surface area contributed by atoms with Gasteiger partial charge in [0, 0.05) is 11.3 Å². The van der Waals surface area contributed by atoms with Crippen molar-refractivity contribution in [3.8, 4) is 0 Å². The number of ether oxygens (including phenoxy) is 1. The van der Waals surface area contributed by atoms with E-state index in [1.54, 1.807) is 0 Å². The molecule has 2 aromatic rings. The van der Waals surface area contributed by atoms with Crippen LogP contribution in [0.2, 0.25) is 0 Å². The summed E-state index contributed by atoms with van der Waals surface area (Å²) in [5.41, 5.74) is 5.70. The Hall–Kier alpha value is -2.10. The van der Waals surface area contributed by atoms with Crippen molar-refractivity contribution in [1.82, 2.24) is 9.78 Å². The maximum atomic E-state index is 12.3. The molecule has 1 heterocycles. The lowest BCUT2D eigenvalue weighted by Crippen LogP contribution is -2.16. The van der Waals surface area contributed by atoms with Gasteiger partial charge in [0.1, 0.15) is 6.61 Å². The molecule has 26 heavy (non-hydrogen) atoms. The molecule has 4 nitrogen and oxygen atoms in total. The molecule has 0 saturated heterocycles. The topological polar surface area (TPSA) is 44.1 Å². The van der Waals surface area contributed by atoms with Crippen LogP contribution in [0.15, 0.2) is 30.3 Å². The lowest BCUT2D eigenvalue weighted by Gasteiger charge is -2.11. The van der Waals surface area contributed by atoms with Crippen molar-refractivity contribution in [2.24, 2.45) is 17.3 Å². The fourth-order valence-corrected chi connectivity index (χ4v) is 5.22. The summed E-state index contributed by atoms with van der Waals surface area (Å²) in [6.07, 6.45) is 2.04. The highest BCUT2D eigenvalue weighted by atomic mass is 16.5. The Morgan fingerprint density at radius 2 is 2.08 bits per heavy atom. The van der Waals surface area contributed by atoms with Gasteiger partial charge in [0.15, 0.2) is 0 Å². The van der Waals surface area contributed by atoms with E-state index in [0.717, 1.165) is 24.5 Å². The van der Waals surface area contributed by atoms with Crippen molar-refractivity contribution in [2.75, 3.05) is 6.61 Å². The van der Waals surface area contributed by atoms with Gasteiger partial charge in [0.25, 0.3) is 0 Å². The molecule has 0 bridgehead atoms. The molecule has 4 atom stereocenters. The molecule has 0 aliphatic heterocycles. The van der Waals surface area contributed by atoms with Crippen LogP contribution in [0.5, 0.6) is 0 Å². The van der Waals surface area contributed by atoms with Gasteiger partial charge in [-0.2, -0.15) is 5.10 Å². The first-order chi connectivity index (χ1) is 12.5. The quantitative estimate of drug-likeness (QED) is 0.770. The van der Waals surface area contributed by atoms with E-state index in [9.17, 15) is 4.79 Å². The molecule has 0 unspecified atom stereocenters. The number of esters is 1. The second-order valence-electron chi connectivity index (χ2n) is 8.81. The van der Waals surface area contributed by atoms with Crippen molar-refractivity contribution in [3.05, 3.63) is 52.8 Å². The Morgan fingerprint density at radius 3 is 2.85 bits per heavy atom. The van der Waals surface area contributed by atoms with E-state index < -0.39 is 0 Å². The molecule has 0 radical (unpaired) electrons. The molecule has 3 aliphatic rings. The van der Waals surface area contributed by atoms with Crippen LogP contribution in [0.25, 0.3) is 0 Å². The van der Waals surface area contributed by atoms with Crippen LogP contribution in [0, 0.1) is 24.2 Å². The monoisotopic (exact) mass is 350 g/mol. The number of hydrogen-bond donors (Lipinski definition) is 0. The molecule has 2 saturated carbocycles. The van der Waals surface area contributed by atoms with E-state index >= 15 is 0 Å². The van der Waals surface area contributed by atoms with Crippen molar-refractivity contribution in [3.63, 3.8) is 0 Å². The van der Waals surface area contributed by atoms with Gasteiger partial charge in [-0.3, -0.25) is 9.48 Å². The molecule has 0 spiro atoms. The molecule has 0 N–H and O–H groups in total. The minimum atomic E-state index is -0.0524. The molecular weight excluding hydrogens is 324 g/mol. The fraction of sp³-hybridized carbons (Fsp3) is 0.545. The van der Waals surface area contributed by atoms with Gasteiger partial charge in [-0.05, 0) is 48.5 Å². The predicted octanol–water partition coefficient (Wildman–Crippen LogP) is 3.83. The summed E-state index contributed by atoms with van der Waals surface area (Å²) in [4.78, 5) is 12.3. The summed E-state index contributed by atoms with van der Waals surface area (Å²) >= 11 is 0. The number of rotatable bonds is 5. The van der Waals surface area contributed by atoms with Gasteiger partial charge in [-0.1, -0.05) is 44.2 Å². The van der Waals surface area contributed by atoms with E-state index in [-0.39, 0.29) is 11.9 Å². The standard InChI is InChI=1S/C22H26N2O2/c1-13-19-18(12-17-20(19)22(17,2)3)24(23-13)9-10-26-21(25)16-11-15(16)14-7-5-4-6-8-14/h4-8,15-17,20H,9-12H2,1-3H3/t15-,16-,17-,20-/m1/s1. The summed E-state index contributed by atoms with van der Waals surface area (Å²) in [6, 6.07) is 10.3. The molecule has 5 rings (SSSR count). The molecular formula is C22H26N2O2. The second kappa shape index (κ2) is 5.45. The van der Waals surface area contributed by atoms with E-state index in [1.807, 2.05) is 18.2 Å². The van der Waals surface area contributed by atoms with Gasteiger partial charge in [0.05, 0.1) is 18.2 Å². The lowest BCUT2D eigenvalue weighted by molar-refractivity contribution is -0.145. The Kier molecular flexibility index (Phi) is 3.37. The summed E-state index contributed by atoms with van der Waals surface area (Å²) in [5.74, 6) is 1.79. The maximum Gasteiger partial charge on any atom is 0.309 e. The third-order valence-corrected chi connectivity index (χ3v) is 6.93. The van der Waals surface area contributed by atoms with E-state index in [4.69, 9.17) is 9.84 Å². The highest BCUT2D eigenvalue weighted by Crippen LogP contribution is 2.70. The van der Waals surface area contributed by atoms with Crippen LogP contribution >= 0.6 is 0 Å². The molecule has 0 amide bonds. The SMILES string of the molecule is Cc1nn(CCOC(=O)[C@@H]2C[C@@H]2c2ccccc2)c2c1[C@H]1[C@@H](C2)C1(C)C. The van der Waals surface area contributed by atoms with Crippen LogP contribution in [0.4, 0.5) is 0 Å². The van der Waals surface area contributed by atoms with E-state index in [2.05, 4.69) is 37.6 Å². The number of nitrogens with zero attached hydrogens (tertiary/aromatic N) is 2. The molecule has 1 aromatic carbocycles.